The number of amides is 1. The van der Waals surface area contributed by atoms with E-state index in [4.69, 9.17) is 9.47 Å². The summed E-state index contributed by atoms with van der Waals surface area (Å²) in [5.41, 5.74) is 3.47. The molecule has 2 aromatic rings. The van der Waals surface area contributed by atoms with Gasteiger partial charge in [0.15, 0.2) is 0 Å². The van der Waals surface area contributed by atoms with E-state index in [0.717, 1.165) is 22.6 Å². The summed E-state index contributed by atoms with van der Waals surface area (Å²) in [7, 11) is 5.03. The van der Waals surface area contributed by atoms with Gasteiger partial charge in [-0.25, -0.2) is 0 Å². The number of methoxy groups -OCH3 is 2. The molecule has 1 aliphatic heterocycles. The van der Waals surface area contributed by atoms with Crippen LogP contribution in [0.1, 0.15) is 34.3 Å². The minimum atomic E-state index is -0.0636. The van der Waals surface area contributed by atoms with Gasteiger partial charge < -0.3 is 14.4 Å². The van der Waals surface area contributed by atoms with Crippen molar-refractivity contribution in [1.29, 1.82) is 0 Å². The Hall–Kier alpha value is -2.49. The Morgan fingerprint density at radius 3 is 2.32 bits per heavy atom. The van der Waals surface area contributed by atoms with Gasteiger partial charge in [0.1, 0.15) is 11.5 Å². The number of carbonyl (C=O) groups is 1. The number of rotatable bonds is 2. The van der Waals surface area contributed by atoms with E-state index in [0.29, 0.717) is 11.3 Å². The zero-order valence-corrected chi connectivity index (χ0v) is 13.2. The lowest BCUT2D eigenvalue weighted by atomic mass is 9.89. The Balaban J connectivity index is 2.35. The summed E-state index contributed by atoms with van der Waals surface area (Å²) in [5, 5.41) is 0. The van der Waals surface area contributed by atoms with Gasteiger partial charge in [-0.3, -0.25) is 4.79 Å². The standard InChI is InChI=1S/C18H19NO3/c1-11-12-7-5-9-15(22-4)17(12)18(20)19(2)13-8-6-10-14(21-3)16(11)13/h5-11H,1-4H3. The third-order valence-electron chi connectivity index (χ3n) is 4.32. The second-order valence-corrected chi connectivity index (χ2v) is 5.40. The average molecular weight is 297 g/mol. The van der Waals surface area contributed by atoms with Gasteiger partial charge in [-0.2, -0.15) is 0 Å². The molecule has 4 heteroatoms. The topological polar surface area (TPSA) is 38.8 Å². The first-order chi connectivity index (χ1) is 10.6. The van der Waals surface area contributed by atoms with Gasteiger partial charge in [0.05, 0.1) is 25.5 Å². The van der Waals surface area contributed by atoms with E-state index in [2.05, 4.69) is 6.92 Å². The normalized spacial score (nSPS) is 16.6. The molecule has 22 heavy (non-hydrogen) atoms. The summed E-state index contributed by atoms with van der Waals surface area (Å²) in [4.78, 5) is 14.6. The van der Waals surface area contributed by atoms with Crippen LogP contribution in [0.2, 0.25) is 0 Å². The average Bonchev–Trinajstić information content (AvgIpc) is 2.65. The van der Waals surface area contributed by atoms with Crippen molar-refractivity contribution in [1.82, 2.24) is 0 Å². The van der Waals surface area contributed by atoms with Crippen molar-refractivity contribution in [2.45, 2.75) is 12.8 Å². The predicted octanol–water partition coefficient (Wildman–Crippen LogP) is 3.45. The van der Waals surface area contributed by atoms with Crippen molar-refractivity contribution >= 4 is 11.6 Å². The molecular formula is C18H19NO3. The highest BCUT2D eigenvalue weighted by Gasteiger charge is 2.32. The van der Waals surface area contributed by atoms with E-state index in [1.165, 1.54) is 0 Å². The van der Waals surface area contributed by atoms with Crippen LogP contribution in [0.5, 0.6) is 11.5 Å². The van der Waals surface area contributed by atoms with Crippen molar-refractivity contribution in [2.24, 2.45) is 0 Å². The Morgan fingerprint density at radius 2 is 1.64 bits per heavy atom. The summed E-state index contributed by atoms with van der Waals surface area (Å²) in [6, 6.07) is 11.5. The smallest absolute Gasteiger partial charge is 0.262 e. The van der Waals surface area contributed by atoms with Gasteiger partial charge in [0.25, 0.3) is 5.91 Å². The fraction of sp³-hybridized carbons (Fsp3) is 0.278. The summed E-state index contributed by atoms with van der Waals surface area (Å²) < 4.78 is 10.9. The SMILES string of the molecule is COc1cccc2c1C(=O)N(C)c1cccc(OC)c1C2C. The Bertz CT molecular complexity index is 739. The molecule has 1 amide bonds. The molecular weight excluding hydrogens is 278 g/mol. The highest BCUT2D eigenvalue weighted by atomic mass is 16.5. The minimum absolute atomic E-state index is 0.0325. The molecule has 3 rings (SSSR count). The van der Waals surface area contributed by atoms with E-state index >= 15 is 0 Å². The molecule has 0 spiro atoms. The molecule has 0 bridgehead atoms. The van der Waals surface area contributed by atoms with E-state index in [9.17, 15) is 4.79 Å². The second-order valence-electron chi connectivity index (χ2n) is 5.40. The van der Waals surface area contributed by atoms with E-state index < -0.39 is 0 Å². The number of nitrogens with zero attached hydrogens (tertiary/aromatic N) is 1. The first-order valence-electron chi connectivity index (χ1n) is 7.22. The van der Waals surface area contributed by atoms with Gasteiger partial charge in [-0.1, -0.05) is 25.1 Å². The van der Waals surface area contributed by atoms with Gasteiger partial charge in [-0.15, -0.1) is 0 Å². The highest BCUT2D eigenvalue weighted by molar-refractivity contribution is 6.10. The number of anilines is 1. The zero-order chi connectivity index (χ0) is 15.9. The van der Waals surface area contributed by atoms with Crippen LogP contribution in [0.3, 0.4) is 0 Å². The summed E-state index contributed by atoms with van der Waals surface area (Å²) in [6.45, 7) is 2.09. The molecule has 0 fully saturated rings. The molecule has 2 aromatic carbocycles. The van der Waals surface area contributed by atoms with E-state index in [1.54, 1.807) is 26.2 Å². The summed E-state index contributed by atoms with van der Waals surface area (Å²) in [6.07, 6.45) is 0. The fourth-order valence-electron chi connectivity index (χ4n) is 3.18. The molecule has 0 N–H and O–H groups in total. The Morgan fingerprint density at radius 1 is 1.00 bits per heavy atom. The Labute approximate surface area is 130 Å². The first kappa shape index (κ1) is 14.4. The molecule has 0 aromatic heterocycles. The van der Waals surface area contributed by atoms with E-state index in [1.807, 2.05) is 36.4 Å². The van der Waals surface area contributed by atoms with Crippen LogP contribution in [-0.4, -0.2) is 27.2 Å². The van der Waals surface area contributed by atoms with Crippen LogP contribution in [-0.2, 0) is 0 Å². The third-order valence-corrected chi connectivity index (χ3v) is 4.32. The van der Waals surface area contributed by atoms with E-state index in [-0.39, 0.29) is 11.8 Å². The number of hydrogen-bond acceptors (Lipinski definition) is 3. The number of ether oxygens (including phenoxy) is 2. The first-order valence-corrected chi connectivity index (χ1v) is 7.22. The number of benzene rings is 2. The summed E-state index contributed by atoms with van der Waals surface area (Å²) >= 11 is 0. The predicted molar refractivity (Wildman–Crippen MR) is 86.2 cm³/mol. The maximum absolute atomic E-state index is 12.9. The lowest BCUT2D eigenvalue weighted by molar-refractivity contribution is 0.0990. The number of fused-ring (bicyclic) bond motifs is 2. The largest absolute Gasteiger partial charge is 0.496 e. The molecule has 1 unspecified atom stereocenters. The molecule has 0 saturated carbocycles. The molecule has 1 aliphatic rings. The van der Waals surface area contributed by atoms with Crippen LogP contribution in [0, 0.1) is 0 Å². The Kier molecular flexibility index (Phi) is 3.53. The number of carbonyl (C=O) groups excluding carboxylic acids is 1. The zero-order valence-electron chi connectivity index (χ0n) is 13.2. The third kappa shape index (κ3) is 1.95. The maximum Gasteiger partial charge on any atom is 0.262 e. The summed E-state index contributed by atoms with van der Waals surface area (Å²) in [5.74, 6) is 1.37. The van der Waals surface area contributed by atoms with Crippen molar-refractivity contribution in [3.8, 4) is 11.5 Å². The van der Waals surface area contributed by atoms with Crippen molar-refractivity contribution in [2.75, 3.05) is 26.2 Å². The van der Waals surface area contributed by atoms with Gasteiger partial charge in [0.2, 0.25) is 0 Å². The van der Waals surface area contributed by atoms with Crippen LogP contribution in [0.25, 0.3) is 0 Å². The minimum Gasteiger partial charge on any atom is -0.496 e. The van der Waals surface area contributed by atoms with Crippen LogP contribution in [0.15, 0.2) is 36.4 Å². The quantitative estimate of drug-likeness (QED) is 0.852. The van der Waals surface area contributed by atoms with Gasteiger partial charge in [0, 0.05) is 18.5 Å². The lowest BCUT2D eigenvalue weighted by Crippen LogP contribution is -2.26. The molecule has 0 radical (unpaired) electrons. The van der Waals surface area contributed by atoms with Crippen LogP contribution in [0.4, 0.5) is 5.69 Å². The molecule has 0 aliphatic carbocycles. The van der Waals surface area contributed by atoms with Crippen molar-refractivity contribution < 1.29 is 14.3 Å². The number of hydrogen-bond donors (Lipinski definition) is 0. The maximum atomic E-state index is 12.9. The second kappa shape index (κ2) is 5.37. The van der Waals surface area contributed by atoms with Crippen LogP contribution >= 0.6 is 0 Å². The molecule has 1 heterocycles. The molecule has 0 saturated heterocycles. The van der Waals surface area contributed by atoms with Crippen molar-refractivity contribution in [3.05, 3.63) is 53.1 Å². The molecule has 114 valence electrons. The van der Waals surface area contributed by atoms with Gasteiger partial charge in [-0.05, 0) is 23.8 Å². The highest BCUT2D eigenvalue weighted by Crippen LogP contribution is 2.44. The lowest BCUT2D eigenvalue weighted by Gasteiger charge is -2.21. The monoisotopic (exact) mass is 297 g/mol. The molecule has 4 nitrogen and oxygen atoms in total. The van der Waals surface area contributed by atoms with Crippen molar-refractivity contribution in [3.63, 3.8) is 0 Å². The fourth-order valence-corrected chi connectivity index (χ4v) is 3.18. The van der Waals surface area contributed by atoms with Crippen LogP contribution < -0.4 is 14.4 Å². The van der Waals surface area contributed by atoms with Gasteiger partial charge >= 0.3 is 0 Å². The molecule has 1 atom stereocenters.